The second-order valence-corrected chi connectivity index (χ2v) is 6.19. The molecule has 0 saturated heterocycles. The van der Waals surface area contributed by atoms with E-state index >= 15 is 0 Å². The van der Waals surface area contributed by atoms with Crippen molar-refractivity contribution in [2.45, 2.75) is 26.2 Å². The Kier molecular flexibility index (Phi) is 6.38. The topological polar surface area (TPSA) is 55.4 Å². The van der Waals surface area contributed by atoms with Crippen molar-refractivity contribution in [2.75, 3.05) is 11.9 Å². The average Bonchev–Trinajstić information content (AvgIpc) is 2.55. The molecule has 0 unspecified atom stereocenters. The second kappa shape index (κ2) is 8.50. The Labute approximate surface area is 146 Å². The van der Waals surface area contributed by atoms with E-state index in [0.717, 1.165) is 16.8 Å². The number of rotatable bonds is 6. The number of carbonyl (C=O) groups excluding carboxylic acids is 2. The fourth-order valence-corrected chi connectivity index (χ4v) is 2.39. The predicted molar refractivity (Wildman–Crippen MR) is 95.3 cm³/mol. The number of para-hydroxylation sites is 1. The lowest BCUT2D eigenvalue weighted by Gasteiger charge is -2.13. The van der Waals surface area contributed by atoms with Gasteiger partial charge in [0.05, 0.1) is 6.42 Å². The van der Waals surface area contributed by atoms with E-state index in [0.29, 0.717) is 5.02 Å². The molecule has 0 saturated carbocycles. The van der Waals surface area contributed by atoms with Crippen LogP contribution in [0.3, 0.4) is 0 Å². The molecule has 2 aromatic carbocycles. The Morgan fingerprint density at radius 2 is 1.75 bits per heavy atom. The molecule has 0 aromatic heterocycles. The van der Waals surface area contributed by atoms with Crippen LogP contribution in [0.5, 0.6) is 0 Å². The van der Waals surface area contributed by atoms with E-state index in [1.54, 1.807) is 24.3 Å². The molecule has 0 bridgehead atoms. The summed E-state index contributed by atoms with van der Waals surface area (Å²) < 4.78 is 5.03. The van der Waals surface area contributed by atoms with E-state index in [1.807, 2.05) is 24.3 Å². The van der Waals surface area contributed by atoms with Crippen LogP contribution >= 0.6 is 11.6 Å². The van der Waals surface area contributed by atoms with Crippen LogP contribution in [0.2, 0.25) is 5.02 Å². The number of halogens is 1. The highest BCUT2D eigenvalue weighted by Gasteiger charge is 2.12. The smallest absolute Gasteiger partial charge is 0.310 e. The SMILES string of the molecule is CC(C)c1ccccc1NC(=O)COC(=O)Cc1ccc(Cl)cc1. The number of amides is 1. The molecule has 0 radical (unpaired) electrons. The monoisotopic (exact) mass is 345 g/mol. The third kappa shape index (κ3) is 5.39. The van der Waals surface area contributed by atoms with Crippen molar-refractivity contribution in [1.82, 2.24) is 0 Å². The summed E-state index contributed by atoms with van der Waals surface area (Å²) in [5, 5.41) is 3.39. The maximum absolute atomic E-state index is 12.0. The molecule has 1 N–H and O–H groups in total. The molecule has 0 aliphatic rings. The first-order valence-electron chi connectivity index (χ1n) is 7.74. The van der Waals surface area contributed by atoms with Gasteiger partial charge < -0.3 is 10.1 Å². The van der Waals surface area contributed by atoms with Gasteiger partial charge in [0.1, 0.15) is 0 Å². The van der Waals surface area contributed by atoms with Gasteiger partial charge in [0.15, 0.2) is 6.61 Å². The zero-order valence-corrected chi connectivity index (χ0v) is 14.5. The quantitative estimate of drug-likeness (QED) is 0.799. The number of nitrogens with one attached hydrogen (secondary N) is 1. The second-order valence-electron chi connectivity index (χ2n) is 5.75. The van der Waals surface area contributed by atoms with Crippen molar-refractivity contribution in [2.24, 2.45) is 0 Å². The van der Waals surface area contributed by atoms with Gasteiger partial charge in [-0.3, -0.25) is 9.59 Å². The maximum atomic E-state index is 12.0. The Morgan fingerprint density at radius 3 is 2.42 bits per heavy atom. The fraction of sp³-hybridized carbons (Fsp3) is 0.263. The van der Waals surface area contributed by atoms with Gasteiger partial charge in [-0.05, 0) is 35.2 Å². The van der Waals surface area contributed by atoms with Crippen molar-refractivity contribution < 1.29 is 14.3 Å². The minimum atomic E-state index is -0.454. The molecule has 0 atom stereocenters. The van der Waals surface area contributed by atoms with E-state index in [4.69, 9.17) is 16.3 Å². The van der Waals surface area contributed by atoms with Crippen LogP contribution in [-0.4, -0.2) is 18.5 Å². The molecule has 24 heavy (non-hydrogen) atoms. The molecule has 0 aliphatic carbocycles. The van der Waals surface area contributed by atoms with Crippen molar-refractivity contribution in [3.63, 3.8) is 0 Å². The molecule has 126 valence electrons. The van der Waals surface area contributed by atoms with Crippen molar-refractivity contribution >= 4 is 29.2 Å². The summed E-state index contributed by atoms with van der Waals surface area (Å²) in [5.41, 5.74) is 2.57. The zero-order chi connectivity index (χ0) is 17.5. The van der Waals surface area contributed by atoms with E-state index in [2.05, 4.69) is 19.2 Å². The lowest BCUT2D eigenvalue weighted by Crippen LogP contribution is -2.22. The highest BCUT2D eigenvalue weighted by atomic mass is 35.5. The first-order chi connectivity index (χ1) is 11.5. The molecule has 1 amide bonds. The average molecular weight is 346 g/mol. The third-order valence-electron chi connectivity index (χ3n) is 3.48. The van der Waals surface area contributed by atoms with Crippen LogP contribution in [0.15, 0.2) is 48.5 Å². The van der Waals surface area contributed by atoms with Crippen molar-refractivity contribution in [1.29, 1.82) is 0 Å². The number of hydrogen-bond acceptors (Lipinski definition) is 3. The van der Waals surface area contributed by atoms with Crippen molar-refractivity contribution in [3.05, 3.63) is 64.7 Å². The van der Waals surface area contributed by atoms with Gasteiger partial charge in [-0.25, -0.2) is 0 Å². The van der Waals surface area contributed by atoms with E-state index < -0.39 is 5.97 Å². The van der Waals surface area contributed by atoms with Crippen LogP contribution in [-0.2, 0) is 20.7 Å². The summed E-state index contributed by atoms with van der Waals surface area (Å²) in [4.78, 5) is 23.8. The summed E-state index contributed by atoms with van der Waals surface area (Å²) in [6.45, 7) is 3.80. The number of carbonyl (C=O) groups is 2. The van der Waals surface area contributed by atoms with Crippen LogP contribution in [0.1, 0.15) is 30.9 Å². The van der Waals surface area contributed by atoms with Gasteiger partial charge in [0, 0.05) is 10.7 Å². The zero-order valence-electron chi connectivity index (χ0n) is 13.7. The van der Waals surface area contributed by atoms with Gasteiger partial charge in [-0.2, -0.15) is 0 Å². The van der Waals surface area contributed by atoms with Gasteiger partial charge >= 0.3 is 5.97 Å². The summed E-state index contributed by atoms with van der Waals surface area (Å²) in [5.74, 6) is -0.522. The van der Waals surface area contributed by atoms with Crippen LogP contribution in [0, 0.1) is 0 Å². The fourth-order valence-electron chi connectivity index (χ4n) is 2.27. The van der Waals surface area contributed by atoms with E-state index in [9.17, 15) is 9.59 Å². The lowest BCUT2D eigenvalue weighted by atomic mass is 10.0. The number of hydrogen-bond donors (Lipinski definition) is 1. The standard InChI is InChI=1S/C19H20ClNO3/c1-13(2)16-5-3-4-6-17(16)21-18(22)12-24-19(23)11-14-7-9-15(20)10-8-14/h3-10,13H,11-12H2,1-2H3,(H,21,22). The molecule has 2 rings (SSSR count). The summed E-state index contributed by atoms with van der Waals surface area (Å²) in [6, 6.07) is 14.5. The van der Waals surface area contributed by atoms with E-state index in [-0.39, 0.29) is 24.9 Å². The van der Waals surface area contributed by atoms with Crippen molar-refractivity contribution in [3.8, 4) is 0 Å². The normalized spacial score (nSPS) is 10.5. The minimum Gasteiger partial charge on any atom is -0.455 e. The predicted octanol–water partition coefficient (Wildman–Crippen LogP) is 4.19. The molecular weight excluding hydrogens is 326 g/mol. The van der Waals surface area contributed by atoms with Gasteiger partial charge in [-0.15, -0.1) is 0 Å². The summed E-state index contributed by atoms with van der Waals surface area (Å²) >= 11 is 5.79. The summed E-state index contributed by atoms with van der Waals surface area (Å²) in [7, 11) is 0. The molecule has 0 fully saturated rings. The van der Waals surface area contributed by atoms with Crippen LogP contribution in [0.4, 0.5) is 5.69 Å². The highest BCUT2D eigenvalue weighted by molar-refractivity contribution is 6.30. The molecule has 5 heteroatoms. The number of ether oxygens (including phenoxy) is 1. The largest absolute Gasteiger partial charge is 0.455 e. The minimum absolute atomic E-state index is 0.104. The van der Waals surface area contributed by atoms with E-state index in [1.165, 1.54) is 0 Å². The number of benzene rings is 2. The molecular formula is C19H20ClNO3. The number of esters is 1. The van der Waals surface area contributed by atoms with Gasteiger partial charge in [0.25, 0.3) is 5.91 Å². The Hall–Kier alpha value is -2.33. The first-order valence-corrected chi connectivity index (χ1v) is 8.12. The van der Waals surface area contributed by atoms with Crippen LogP contribution in [0.25, 0.3) is 0 Å². The third-order valence-corrected chi connectivity index (χ3v) is 3.73. The van der Waals surface area contributed by atoms with Gasteiger partial charge in [-0.1, -0.05) is 55.8 Å². The maximum Gasteiger partial charge on any atom is 0.310 e. The molecule has 4 nitrogen and oxygen atoms in total. The molecule has 0 heterocycles. The first kappa shape index (κ1) is 18.0. The number of anilines is 1. The Morgan fingerprint density at radius 1 is 1.08 bits per heavy atom. The Bertz CT molecular complexity index is 711. The molecule has 0 aliphatic heterocycles. The molecule has 2 aromatic rings. The summed E-state index contributed by atoms with van der Waals surface area (Å²) in [6.07, 6.45) is 0.104. The molecule has 0 spiro atoms. The lowest BCUT2D eigenvalue weighted by molar-refractivity contribution is -0.146. The Balaban J connectivity index is 1.85. The highest BCUT2D eigenvalue weighted by Crippen LogP contribution is 2.23. The van der Waals surface area contributed by atoms with Gasteiger partial charge in [0.2, 0.25) is 0 Å². The van der Waals surface area contributed by atoms with Crippen LogP contribution < -0.4 is 5.32 Å².